The Morgan fingerprint density at radius 2 is 1.41 bits per heavy atom. The van der Waals surface area contributed by atoms with Crippen molar-refractivity contribution in [1.29, 1.82) is 0 Å². The summed E-state index contributed by atoms with van der Waals surface area (Å²) in [5, 5.41) is 3.00. The number of carbonyl (C=O) groups excluding carboxylic acids is 1. The molecule has 1 amide bonds. The first-order valence-electron chi connectivity index (χ1n) is 9.81. The van der Waals surface area contributed by atoms with Crippen molar-refractivity contribution in [3.63, 3.8) is 0 Å². The fourth-order valence-electron chi connectivity index (χ4n) is 3.09. The number of carbonyl (C=O) groups is 1. The van der Waals surface area contributed by atoms with Crippen LogP contribution in [0.15, 0.2) is 77.7 Å². The molecule has 0 radical (unpaired) electrons. The average molecular weight is 526 g/mol. The minimum absolute atomic E-state index is 0.0817. The first kappa shape index (κ1) is 25.5. The molecule has 1 atom stereocenters. The third-order valence-electron chi connectivity index (χ3n) is 4.70. The normalized spacial score (nSPS) is 12.6. The summed E-state index contributed by atoms with van der Waals surface area (Å²) in [7, 11) is -7.75. The molecule has 180 valence electrons. The van der Waals surface area contributed by atoms with Gasteiger partial charge in [0.25, 0.3) is 10.0 Å². The fraction of sp³-hybridized carbons (Fsp3) is 0.136. The third kappa shape index (κ3) is 6.25. The predicted octanol–water partition coefficient (Wildman–Crippen LogP) is 4.07. The zero-order valence-electron chi connectivity index (χ0n) is 18.1. The molecular weight excluding hydrogens is 505 g/mol. The van der Waals surface area contributed by atoms with Gasteiger partial charge in [-0.05, 0) is 79.7 Å². The van der Waals surface area contributed by atoms with Gasteiger partial charge in [-0.2, -0.15) is 0 Å². The summed E-state index contributed by atoms with van der Waals surface area (Å²) < 4.78 is 66.1. The van der Waals surface area contributed by atoms with Crippen LogP contribution in [-0.2, 0) is 24.8 Å². The highest BCUT2D eigenvalue weighted by Gasteiger charge is 2.29. The lowest BCUT2D eigenvalue weighted by molar-refractivity contribution is -0.116. The van der Waals surface area contributed by atoms with Crippen LogP contribution < -0.4 is 14.3 Å². The molecule has 2 N–H and O–H groups in total. The molecule has 0 saturated heterocycles. The van der Waals surface area contributed by atoms with Crippen molar-refractivity contribution in [1.82, 2.24) is 0 Å². The largest absolute Gasteiger partial charge is 0.324 e. The lowest BCUT2D eigenvalue weighted by Gasteiger charge is -2.28. The number of halogens is 2. The monoisotopic (exact) mass is 525 g/mol. The molecule has 0 fully saturated rings. The molecule has 0 aliphatic heterocycles. The highest BCUT2D eigenvalue weighted by atomic mass is 35.5. The summed E-state index contributed by atoms with van der Waals surface area (Å²) in [6.45, 7) is 1.43. The molecule has 3 rings (SSSR count). The van der Waals surface area contributed by atoms with Crippen LogP contribution in [0.1, 0.15) is 6.92 Å². The number of nitrogens with one attached hydrogen (secondary N) is 2. The van der Waals surface area contributed by atoms with Gasteiger partial charge in [0.15, 0.2) is 0 Å². The van der Waals surface area contributed by atoms with Crippen LogP contribution in [0.2, 0.25) is 5.02 Å². The maximum absolute atomic E-state index is 13.0. The lowest BCUT2D eigenvalue weighted by atomic mass is 10.2. The van der Waals surface area contributed by atoms with Gasteiger partial charge >= 0.3 is 0 Å². The van der Waals surface area contributed by atoms with Crippen molar-refractivity contribution in [2.45, 2.75) is 17.9 Å². The van der Waals surface area contributed by atoms with Gasteiger partial charge in [-0.25, -0.2) is 21.2 Å². The van der Waals surface area contributed by atoms with Gasteiger partial charge in [-0.3, -0.25) is 13.8 Å². The highest BCUT2D eigenvalue weighted by Crippen LogP contribution is 2.24. The first-order valence-corrected chi connectivity index (χ1v) is 13.5. The summed E-state index contributed by atoms with van der Waals surface area (Å²) >= 11 is 5.87. The molecule has 0 bridgehead atoms. The smallest absolute Gasteiger partial charge is 0.261 e. The van der Waals surface area contributed by atoms with Gasteiger partial charge in [0, 0.05) is 16.4 Å². The molecule has 3 aromatic carbocycles. The summed E-state index contributed by atoms with van der Waals surface area (Å²) in [5.41, 5.74) is 0.723. The van der Waals surface area contributed by atoms with E-state index in [9.17, 15) is 26.0 Å². The highest BCUT2D eigenvalue weighted by molar-refractivity contribution is 7.92. The molecule has 8 nitrogen and oxygen atoms in total. The van der Waals surface area contributed by atoms with Gasteiger partial charge < -0.3 is 5.32 Å². The Kier molecular flexibility index (Phi) is 7.49. The SMILES string of the molecule is CC(C(=O)Nc1ccc(S(=O)(=O)Nc2ccc(F)cc2)cc1)N(c1ccc(Cl)cc1)S(C)(=O)=O. The van der Waals surface area contributed by atoms with Crippen LogP contribution in [0.4, 0.5) is 21.5 Å². The maximum atomic E-state index is 13.0. The van der Waals surface area contributed by atoms with Crippen LogP contribution in [0.25, 0.3) is 0 Å². The number of hydrogen-bond donors (Lipinski definition) is 2. The number of amides is 1. The number of nitrogens with zero attached hydrogens (tertiary/aromatic N) is 1. The van der Waals surface area contributed by atoms with Crippen molar-refractivity contribution in [2.24, 2.45) is 0 Å². The van der Waals surface area contributed by atoms with Gasteiger partial charge in [0.1, 0.15) is 11.9 Å². The van der Waals surface area contributed by atoms with E-state index in [-0.39, 0.29) is 22.0 Å². The molecule has 0 saturated carbocycles. The quantitative estimate of drug-likeness (QED) is 0.460. The molecule has 34 heavy (non-hydrogen) atoms. The van der Waals surface area contributed by atoms with E-state index in [1.807, 2.05) is 0 Å². The molecule has 3 aromatic rings. The van der Waals surface area contributed by atoms with E-state index in [1.165, 1.54) is 67.6 Å². The standard InChI is InChI=1S/C22H21ClFN3O5S2/c1-15(27(33(2,29)30)20-11-3-16(23)4-12-20)22(28)25-18-9-13-21(14-10-18)34(31,32)26-19-7-5-17(24)6-8-19/h3-15,26H,1-2H3,(H,25,28). The minimum Gasteiger partial charge on any atom is -0.324 e. The van der Waals surface area contributed by atoms with Crippen molar-refractivity contribution < 1.29 is 26.0 Å². The molecule has 0 heterocycles. The number of hydrogen-bond acceptors (Lipinski definition) is 5. The summed E-state index contributed by atoms with van der Waals surface area (Å²) in [6, 6.07) is 15.0. The molecule has 0 aliphatic carbocycles. The van der Waals surface area contributed by atoms with Crippen molar-refractivity contribution in [3.05, 3.63) is 83.6 Å². The second-order valence-corrected chi connectivity index (χ2v) is 11.3. The summed E-state index contributed by atoms with van der Waals surface area (Å²) in [4.78, 5) is 12.7. The minimum atomic E-state index is -3.94. The summed E-state index contributed by atoms with van der Waals surface area (Å²) in [5.74, 6) is -1.12. The van der Waals surface area contributed by atoms with E-state index < -0.39 is 37.8 Å². The Hall–Kier alpha value is -3.15. The van der Waals surface area contributed by atoms with Crippen molar-refractivity contribution in [3.8, 4) is 0 Å². The molecular formula is C22H21ClFN3O5S2. The maximum Gasteiger partial charge on any atom is 0.261 e. The average Bonchev–Trinajstić information content (AvgIpc) is 2.76. The van der Waals surface area contributed by atoms with Crippen molar-refractivity contribution >= 4 is 54.6 Å². The lowest BCUT2D eigenvalue weighted by Crippen LogP contribution is -2.45. The third-order valence-corrected chi connectivity index (χ3v) is 7.59. The second kappa shape index (κ2) is 10.00. The molecule has 0 aromatic heterocycles. The van der Waals surface area contributed by atoms with Gasteiger partial charge in [0.2, 0.25) is 15.9 Å². The first-order chi connectivity index (χ1) is 15.9. The van der Waals surface area contributed by atoms with Gasteiger partial charge in [-0.1, -0.05) is 11.6 Å². The Labute approximate surface area is 202 Å². The number of sulfonamides is 2. The Bertz CT molecular complexity index is 1380. The Balaban J connectivity index is 1.75. The van der Waals surface area contributed by atoms with E-state index in [4.69, 9.17) is 11.6 Å². The van der Waals surface area contributed by atoms with E-state index >= 15 is 0 Å². The molecule has 0 spiro atoms. The van der Waals surface area contributed by atoms with Gasteiger partial charge in [-0.15, -0.1) is 0 Å². The second-order valence-electron chi connectivity index (χ2n) is 7.34. The topological polar surface area (TPSA) is 113 Å². The van der Waals surface area contributed by atoms with Crippen LogP contribution in [0.3, 0.4) is 0 Å². The zero-order chi connectivity index (χ0) is 25.1. The van der Waals surface area contributed by atoms with E-state index in [0.29, 0.717) is 5.02 Å². The molecule has 1 unspecified atom stereocenters. The number of anilines is 3. The van der Waals surface area contributed by atoms with Crippen LogP contribution in [0, 0.1) is 5.82 Å². The van der Waals surface area contributed by atoms with Crippen LogP contribution in [-0.4, -0.2) is 35.0 Å². The van der Waals surface area contributed by atoms with Gasteiger partial charge in [0.05, 0.1) is 16.8 Å². The predicted molar refractivity (Wildman–Crippen MR) is 131 cm³/mol. The fourth-order valence-corrected chi connectivity index (χ4v) is 5.45. The molecule has 0 aliphatic rings. The van der Waals surface area contributed by atoms with E-state index in [0.717, 1.165) is 22.7 Å². The van der Waals surface area contributed by atoms with E-state index in [2.05, 4.69) is 10.0 Å². The zero-order valence-corrected chi connectivity index (χ0v) is 20.5. The van der Waals surface area contributed by atoms with E-state index in [1.54, 1.807) is 0 Å². The number of benzene rings is 3. The number of rotatable bonds is 8. The van der Waals surface area contributed by atoms with Crippen molar-refractivity contribution in [2.75, 3.05) is 20.6 Å². The van der Waals surface area contributed by atoms with Crippen LogP contribution >= 0.6 is 11.6 Å². The summed E-state index contributed by atoms with van der Waals surface area (Å²) in [6.07, 6.45) is 0.985. The van der Waals surface area contributed by atoms with Crippen LogP contribution in [0.5, 0.6) is 0 Å². The molecule has 12 heteroatoms. The Morgan fingerprint density at radius 1 is 0.882 bits per heavy atom. The Morgan fingerprint density at radius 3 is 1.94 bits per heavy atom.